The van der Waals surface area contributed by atoms with Gasteiger partial charge in [0.05, 0.1) is 20.1 Å². The van der Waals surface area contributed by atoms with Crippen molar-refractivity contribution < 1.29 is 18.8 Å². The second-order valence-corrected chi connectivity index (χ2v) is 7.52. The Morgan fingerprint density at radius 3 is 2.35 bits per heavy atom. The van der Waals surface area contributed by atoms with E-state index in [4.69, 9.17) is 9.47 Å². The van der Waals surface area contributed by atoms with Crippen LogP contribution in [0.2, 0.25) is 0 Å². The zero-order chi connectivity index (χ0) is 18.0. The maximum absolute atomic E-state index is 13.6. The number of fused-ring (bicyclic) bond motifs is 1. The minimum atomic E-state index is -0.181. The molecule has 0 amide bonds. The summed E-state index contributed by atoms with van der Waals surface area (Å²) in [5, 5.41) is 0. The van der Waals surface area contributed by atoms with Crippen LogP contribution in [0.1, 0.15) is 41.2 Å². The molecule has 0 spiro atoms. The molecule has 1 fully saturated rings. The number of carbonyl (C=O) groups is 1. The van der Waals surface area contributed by atoms with E-state index in [1.54, 1.807) is 0 Å². The summed E-state index contributed by atoms with van der Waals surface area (Å²) < 4.78 is 12.1. The van der Waals surface area contributed by atoms with Gasteiger partial charge in [-0.3, -0.25) is 4.79 Å². The minimum absolute atomic E-state index is 0.164. The van der Waals surface area contributed by atoms with Crippen LogP contribution in [-0.2, 0) is 0 Å². The van der Waals surface area contributed by atoms with Gasteiger partial charge in [0, 0.05) is 11.1 Å². The van der Waals surface area contributed by atoms with Crippen LogP contribution in [0.3, 0.4) is 0 Å². The number of hydrogen-bond donors (Lipinski definition) is 0. The Balaban J connectivity index is 1.72. The molecule has 2 aromatic rings. The Hall–Kier alpha value is -2.33. The van der Waals surface area contributed by atoms with Crippen molar-refractivity contribution in [2.75, 3.05) is 33.4 Å². The predicted molar refractivity (Wildman–Crippen MR) is 101 cm³/mol. The highest BCUT2D eigenvalue weighted by Crippen LogP contribution is 2.37. The average molecular weight is 352 g/mol. The average Bonchev–Trinajstić information content (AvgIpc) is 2.69. The predicted octanol–water partition coefficient (Wildman–Crippen LogP) is 4.01. The molecule has 2 aliphatic rings. The van der Waals surface area contributed by atoms with Crippen LogP contribution in [0, 0.1) is 0 Å². The lowest BCUT2D eigenvalue weighted by atomic mass is 9.91. The molecular weight excluding hydrogens is 326 g/mol. The van der Waals surface area contributed by atoms with Gasteiger partial charge >= 0.3 is 0 Å². The number of Topliss-reactive ketones (excluding diaryl/α,β-unsaturated/α-hetero) is 1. The normalized spacial score (nSPS) is 19.6. The fraction of sp³-hybridized carbons (Fsp3) is 0.409. The lowest BCUT2D eigenvalue weighted by Gasteiger charge is -2.43. The van der Waals surface area contributed by atoms with Gasteiger partial charge in [-0.2, -0.15) is 0 Å². The zero-order valence-corrected chi connectivity index (χ0v) is 15.3. The monoisotopic (exact) mass is 352 g/mol. The van der Waals surface area contributed by atoms with Crippen LogP contribution in [0.4, 0.5) is 0 Å². The number of hydrogen-bond acceptors (Lipinski definition) is 3. The molecule has 136 valence electrons. The maximum atomic E-state index is 13.6. The highest BCUT2D eigenvalue weighted by molar-refractivity contribution is 6.00. The topological polar surface area (TPSA) is 35.5 Å². The molecule has 0 bridgehead atoms. The van der Waals surface area contributed by atoms with Gasteiger partial charge in [0.2, 0.25) is 5.78 Å². The van der Waals surface area contributed by atoms with Crippen molar-refractivity contribution in [3.05, 3.63) is 59.7 Å². The lowest BCUT2D eigenvalue weighted by molar-refractivity contribution is -0.933. The first-order valence-corrected chi connectivity index (χ1v) is 9.50. The van der Waals surface area contributed by atoms with Crippen molar-refractivity contribution in [1.29, 1.82) is 0 Å². The van der Waals surface area contributed by atoms with E-state index in [9.17, 15) is 4.79 Å². The highest BCUT2D eigenvalue weighted by Gasteiger charge is 2.41. The number of nitrogens with zero attached hydrogens (tertiary/aromatic N) is 1. The molecule has 0 radical (unpaired) electrons. The van der Waals surface area contributed by atoms with E-state index in [0.717, 1.165) is 28.9 Å². The Morgan fingerprint density at radius 1 is 0.923 bits per heavy atom. The van der Waals surface area contributed by atoms with Gasteiger partial charge in [-0.1, -0.05) is 30.3 Å². The molecule has 2 aliphatic heterocycles. The number of likely N-dealkylation sites (tertiary alicyclic amines) is 1. The number of ketones is 1. The standard InChI is InChI=1S/C22H26NO3/c1-23(12-6-3-7-13-23)21(17-8-4-2-5-9-17)22(24)18-10-11-19-20(16-18)26-15-14-25-19/h2,4-5,8-11,16,21H,3,6-7,12-15H2,1H3/q+1. The number of ether oxygens (including phenoxy) is 2. The van der Waals surface area contributed by atoms with Crippen LogP contribution in [0.25, 0.3) is 0 Å². The molecule has 0 aliphatic carbocycles. The SMILES string of the molecule is C[N+]1(C(C(=O)c2ccc3c(c2)OCCO3)c2ccccc2)CCCCC1. The fourth-order valence-electron chi connectivity index (χ4n) is 4.28. The quantitative estimate of drug-likeness (QED) is 0.616. The number of carbonyl (C=O) groups excluding carboxylic acids is 1. The van der Waals surface area contributed by atoms with E-state index in [0.29, 0.717) is 24.5 Å². The minimum Gasteiger partial charge on any atom is -0.486 e. The Morgan fingerprint density at radius 2 is 1.62 bits per heavy atom. The largest absolute Gasteiger partial charge is 0.486 e. The van der Waals surface area contributed by atoms with Crippen molar-refractivity contribution in [3.8, 4) is 11.5 Å². The summed E-state index contributed by atoms with van der Waals surface area (Å²) in [6.45, 7) is 3.16. The molecule has 1 unspecified atom stereocenters. The Labute approximate surface area is 154 Å². The van der Waals surface area contributed by atoms with Gasteiger partial charge in [0.25, 0.3) is 0 Å². The van der Waals surface area contributed by atoms with Crippen molar-refractivity contribution in [1.82, 2.24) is 0 Å². The summed E-state index contributed by atoms with van der Waals surface area (Å²) in [6.07, 6.45) is 3.61. The zero-order valence-electron chi connectivity index (χ0n) is 15.3. The molecule has 2 aromatic carbocycles. The second kappa shape index (κ2) is 7.12. The third kappa shape index (κ3) is 3.21. The van der Waals surface area contributed by atoms with Crippen molar-refractivity contribution in [3.63, 3.8) is 0 Å². The van der Waals surface area contributed by atoms with Gasteiger partial charge in [0.1, 0.15) is 13.2 Å². The smallest absolute Gasteiger partial charge is 0.224 e. The first-order valence-electron chi connectivity index (χ1n) is 9.50. The van der Waals surface area contributed by atoms with E-state index < -0.39 is 0 Å². The number of benzene rings is 2. The number of quaternary nitrogens is 1. The molecule has 4 rings (SSSR count). The first kappa shape index (κ1) is 17.1. The molecular formula is C22H26NO3+. The first-order chi connectivity index (χ1) is 12.7. The van der Waals surface area contributed by atoms with Crippen molar-refractivity contribution in [2.24, 2.45) is 0 Å². The van der Waals surface area contributed by atoms with Gasteiger partial charge in [-0.25, -0.2) is 0 Å². The number of piperidine rings is 1. The van der Waals surface area contributed by atoms with Crippen LogP contribution in [-0.4, -0.2) is 43.6 Å². The summed E-state index contributed by atoms with van der Waals surface area (Å²) in [7, 11) is 2.23. The Kier molecular flexibility index (Phi) is 4.68. The molecule has 2 heterocycles. The van der Waals surface area contributed by atoms with Gasteiger partial charge < -0.3 is 14.0 Å². The summed E-state index contributed by atoms with van der Waals surface area (Å²) >= 11 is 0. The summed E-state index contributed by atoms with van der Waals surface area (Å²) in [5.74, 6) is 1.57. The van der Waals surface area contributed by atoms with E-state index in [-0.39, 0.29) is 11.8 Å². The molecule has 26 heavy (non-hydrogen) atoms. The molecule has 0 N–H and O–H groups in total. The summed E-state index contributed by atoms with van der Waals surface area (Å²) in [5.41, 5.74) is 1.80. The van der Waals surface area contributed by atoms with Crippen LogP contribution in [0.15, 0.2) is 48.5 Å². The van der Waals surface area contributed by atoms with Gasteiger partial charge in [-0.05, 0) is 37.5 Å². The number of likely N-dealkylation sites (N-methyl/N-ethyl adjacent to an activating group) is 1. The molecule has 1 atom stereocenters. The molecule has 1 saturated heterocycles. The molecule has 0 saturated carbocycles. The summed E-state index contributed by atoms with van der Waals surface area (Å²) in [4.78, 5) is 13.6. The Bertz CT molecular complexity index is 781. The van der Waals surface area contributed by atoms with Crippen LogP contribution in [0.5, 0.6) is 11.5 Å². The van der Waals surface area contributed by atoms with Crippen molar-refractivity contribution >= 4 is 5.78 Å². The summed E-state index contributed by atoms with van der Waals surface area (Å²) in [6, 6.07) is 15.6. The van der Waals surface area contributed by atoms with Crippen LogP contribution < -0.4 is 9.47 Å². The molecule has 4 heteroatoms. The second-order valence-electron chi connectivity index (χ2n) is 7.52. The maximum Gasteiger partial charge on any atom is 0.224 e. The van der Waals surface area contributed by atoms with Gasteiger partial charge in [0.15, 0.2) is 17.5 Å². The number of rotatable bonds is 4. The highest BCUT2D eigenvalue weighted by atomic mass is 16.6. The fourth-order valence-corrected chi connectivity index (χ4v) is 4.28. The van der Waals surface area contributed by atoms with E-state index in [1.165, 1.54) is 19.3 Å². The van der Waals surface area contributed by atoms with Gasteiger partial charge in [-0.15, -0.1) is 0 Å². The third-order valence-corrected chi connectivity index (χ3v) is 5.65. The van der Waals surface area contributed by atoms with E-state index >= 15 is 0 Å². The van der Waals surface area contributed by atoms with Crippen LogP contribution >= 0.6 is 0 Å². The third-order valence-electron chi connectivity index (χ3n) is 5.65. The van der Waals surface area contributed by atoms with E-state index in [2.05, 4.69) is 19.2 Å². The molecule has 4 nitrogen and oxygen atoms in total. The lowest BCUT2D eigenvalue weighted by Crippen LogP contribution is -2.53. The van der Waals surface area contributed by atoms with Crippen molar-refractivity contribution in [2.45, 2.75) is 25.3 Å². The molecule has 0 aromatic heterocycles. The van der Waals surface area contributed by atoms with E-state index in [1.807, 2.05) is 36.4 Å².